The van der Waals surface area contributed by atoms with Gasteiger partial charge in [-0.15, -0.1) is 0 Å². The van der Waals surface area contributed by atoms with Crippen molar-refractivity contribution in [3.63, 3.8) is 0 Å². The first-order chi connectivity index (χ1) is 11.9. The molecule has 0 unspecified atom stereocenters. The van der Waals surface area contributed by atoms with Crippen LogP contribution in [0.5, 0.6) is 0 Å². The van der Waals surface area contributed by atoms with Crippen LogP contribution < -0.4 is 5.32 Å². The van der Waals surface area contributed by atoms with E-state index in [0.717, 1.165) is 23.8 Å². The van der Waals surface area contributed by atoms with Crippen LogP contribution in [0.3, 0.4) is 0 Å². The second-order valence-electron chi connectivity index (χ2n) is 7.08. The van der Waals surface area contributed by atoms with Gasteiger partial charge in [-0.3, -0.25) is 4.79 Å². The van der Waals surface area contributed by atoms with Crippen molar-refractivity contribution in [1.29, 1.82) is 0 Å². The third kappa shape index (κ3) is 5.52. The van der Waals surface area contributed by atoms with Crippen LogP contribution in [0, 0.1) is 11.8 Å². The maximum atomic E-state index is 12.4. The van der Waals surface area contributed by atoms with Gasteiger partial charge in [-0.25, -0.2) is 12.7 Å². The molecule has 1 aromatic rings. The van der Waals surface area contributed by atoms with Crippen LogP contribution in [0.2, 0.25) is 0 Å². The predicted octanol–water partition coefficient (Wildman–Crippen LogP) is 2.22. The van der Waals surface area contributed by atoms with Crippen molar-refractivity contribution in [1.82, 2.24) is 4.31 Å². The fourth-order valence-corrected chi connectivity index (χ4v) is 3.93. The molecule has 25 heavy (non-hydrogen) atoms. The molecule has 1 N–H and O–H groups in total. The number of carbonyl (C=O) groups excluding carboxylic acids is 1. The molecule has 0 atom stereocenters. The minimum atomic E-state index is -3.16. The summed E-state index contributed by atoms with van der Waals surface area (Å²) in [6.07, 6.45) is 4.87. The summed E-state index contributed by atoms with van der Waals surface area (Å²) in [4.78, 5) is 12.4. The van der Waals surface area contributed by atoms with Crippen molar-refractivity contribution in [3.05, 3.63) is 29.8 Å². The van der Waals surface area contributed by atoms with Crippen molar-refractivity contribution < 1.29 is 17.9 Å². The predicted molar refractivity (Wildman–Crippen MR) is 96.6 cm³/mol. The first-order valence-electron chi connectivity index (χ1n) is 8.84. The van der Waals surface area contributed by atoms with Gasteiger partial charge in [0.25, 0.3) is 0 Å². The monoisotopic (exact) mass is 366 g/mol. The summed E-state index contributed by atoms with van der Waals surface area (Å²) in [5.74, 6) is 0.553. The number of hydrogen-bond acceptors (Lipinski definition) is 4. The zero-order chi connectivity index (χ0) is 17.9. The van der Waals surface area contributed by atoms with Gasteiger partial charge in [0.2, 0.25) is 15.9 Å². The summed E-state index contributed by atoms with van der Waals surface area (Å²) < 4.78 is 30.2. The van der Waals surface area contributed by atoms with Crippen molar-refractivity contribution >= 4 is 21.6 Å². The minimum absolute atomic E-state index is 0.0378. The first-order valence-corrected chi connectivity index (χ1v) is 10.7. The lowest BCUT2D eigenvalue weighted by atomic mass is 9.97. The Kier molecular flexibility index (Phi) is 5.76. The van der Waals surface area contributed by atoms with Gasteiger partial charge in [-0.2, -0.15) is 0 Å². The zero-order valence-corrected chi connectivity index (χ0v) is 15.4. The van der Waals surface area contributed by atoms with E-state index in [4.69, 9.17) is 4.74 Å². The number of sulfonamides is 1. The Morgan fingerprint density at radius 2 is 1.96 bits per heavy atom. The number of piperidine rings is 1. The van der Waals surface area contributed by atoms with E-state index in [2.05, 4.69) is 5.32 Å². The quantitative estimate of drug-likeness (QED) is 0.803. The molecule has 2 fully saturated rings. The number of nitrogens with one attached hydrogen (secondary N) is 1. The minimum Gasteiger partial charge on any atom is -0.376 e. The maximum Gasteiger partial charge on any atom is 0.227 e. The Morgan fingerprint density at radius 3 is 2.60 bits per heavy atom. The van der Waals surface area contributed by atoms with E-state index in [0.29, 0.717) is 32.5 Å². The Hall–Kier alpha value is -1.44. The summed E-state index contributed by atoms with van der Waals surface area (Å²) in [6.45, 7) is 2.19. The number of benzene rings is 1. The topological polar surface area (TPSA) is 75.7 Å². The molecule has 0 bridgehead atoms. The summed E-state index contributed by atoms with van der Waals surface area (Å²) in [5, 5.41) is 2.95. The van der Waals surface area contributed by atoms with Crippen LogP contribution in [-0.2, 0) is 26.2 Å². The highest BCUT2D eigenvalue weighted by molar-refractivity contribution is 7.88. The fraction of sp³-hybridized carbons (Fsp3) is 0.611. The van der Waals surface area contributed by atoms with Gasteiger partial charge in [0.15, 0.2) is 0 Å². The van der Waals surface area contributed by atoms with Gasteiger partial charge in [-0.1, -0.05) is 12.1 Å². The second-order valence-corrected chi connectivity index (χ2v) is 9.07. The molecule has 138 valence electrons. The smallest absolute Gasteiger partial charge is 0.227 e. The van der Waals surface area contributed by atoms with E-state index in [-0.39, 0.29) is 11.8 Å². The van der Waals surface area contributed by atoms with E-state index in [1.54, 1.807) is 0 Å². The standard InChI is InChI=1S/C18H26N2O4S/c1-25(22,23)20-9-7-16(8-10-20)18(21)19-17-4-2-3-15(11-17)13-24-12-14-5-6-14/h2-4,11,14,16H,5-10,12-13H2,1H3,(H,19,21). The number of amides is 1. The number of nitrogens with zero attached hydrogens (tertiary/aromatic N) is 1. The van der Waals surface area contributed by atoms with Gasteiger partial charge in [0.05, 0.1) is 12.9 Å². The molecule has 7 heteroatoms. The van der Waals surface area contributed by atoms with Crippen LogP contribution in [0.1, 0.15) is 31.2 Å². The summed E-state index contributed by atoms with van der Waals surface area (Å²) in [5.41, 5.74) is 1.81. The fourth-order valence-electron chi connectivity index (χ4n) is 3.06. The van der Waals surface area contributed by atoms with Gasteiger partial charge in [0, 0.05) is 31.3 Å². The Morgan fingerprint density at radius 1 is 1.24 bits per heavy atom. The SMILES string of the molecule is CS(=O)(=O)N1CCC(C(=O)Nc2cccc(COCC3CC3)c2)CC1. The third-order valence-electron chi connectivity index (χ3n) is 4.81. The molecule has 0 spiro atoms. The van der Waals surface area contributed by atoms with E-state index < -0.39 is 10.0 Å². The molecule has 0 radical (unpaired) electrons. The lowest BCUT2D eigenvalue weighted by molar-refractivity contribution is -0.120. The molecule has 6 nitrogen and oxygen atoms in total. The number of ether oxygens (including phenoxy) is 1. The maximum absolute atomic E-state index is 12.4. The van der Waals surface area contributed by atoms with E-state index in [1.807, 2.05) is 24.3 Å². The van der Waals surface area contributed by atoms with Crippen LogP contribution in [0.25, 0.3) is 0 Å². The molecular formula is C18H26N2O4S. The van der Waals surface area contributed by atoms with Crippen molar-refractivity contribution in [2.75, 3.05) is 31.3 Å². The van der Waals surface area contributed by atoms with Gasteiger partial charge < -0.3 is 10.1 Å². The molecular weight excluding hydrogens is 340 g/mol. The third-order valence-corrected chi connectivity index (χ3v) is 6.11. The first kappa shape index (κ1) is 18.4. The van der Waals surface area contributed by atoms with Crippen molar-refractivity contribution in [2.45, 2.75) is 32.3 Å². The summed E-state index contributed by atoms with van der Waals surface area (Å²) in [6, 6.07) is 7.72. The van der Waals surface area contributed by atoms with Gasteiger partial charge in [0.1, 0.15) is 0 Å². The van der Waals surface area contributed by atoms with Crippen LogP contribution in [0.15, 0.2) is 24.3 Å². The molecule has 1 aromatic carbocycles. The highest BCUT2D eigenvalue weighted by Crippen LogP contribution is 2.29. The number of anilines is 1. The van der Waals surface area contributed by atoms with E-state index in [9.17, 15) is 13.2 Å². The molecule has 1 saturated heterocycles. The second kappa shape index (κ2) is 7.85. The Labute approximate surface area is 149 Å². The van der Waals surface area contributed by atoms with E-state index in [1.165, 1.54) is 23.4 Å². The normalized spacial score (nSPS) is 19.7. The molecule has 1 aliphatic heterocycles. The molecule has 1 saturated carbocycles. The molecule has 0 aromatic heterocycles. The highest BCUT2D eigenvalue weighted by atomic mass is 32.2. The lowest BCUT2D eigenvalue weighted by Gasteiger charge is -2.29. The number of carbonyl (C=O) groups is 1. The number of rotatable bonds is 7. The summed E-state index contributed by atoms with van der Waals surface area (Å²) >= 11 is 0. The Balaban J connectivity index is 1.49. The van der Waals surface area contributed by atoms with Crippen LogP contribution in [-0.4, -0.2) is 44.6 Å². The molecule has 1 amide bonds. The van der Waals surface area contributed by atoms with E-state index >= 15 is 0 Å². The zero-order valence-electron chi connectivity index (χ0n) is 14.6. The largest absolute Gasteiger partial charge is 0.376 e. The van der Waals surface area contributed by atoms with Gasteiger partial charge in [-0.05, 0) is 49.3 Å². The van der Waals surface area contributed by atoms with Gasteiger partial charge >= 0.3 is 0 Å². The average molecular weight is 366 g/mol. The number of hydrogen-bond donors (Lipinski definition) is 1. The highest BCUT2D eigenvalue weighted by Gasteiger charge is 2.29. The molecule has 3 rings (SSSR count). The van der Waals surface area contributed by atoms with Crippen LogP contribution >= 0.6 is 0 Å². The summed E-state index contributed by atoms with van der Waals surface area (Å²) in [7, 11) is -3.16. The Bertz CT molecular complexity index is 708. The average Bonchev–Trinajstić information content (AvgIpc) is 3.39. The lowest BCUT2D eigenvalue weighted by Crippen LogP contribution is -2.40. The molecule has 1 heterocycles. The molecule has 1 aliphatic carbocycles. The van der Waals surface area contributed by atoms with Crippen molar-refractivity contribution in [2.24, 2.45) is 11.8 Å². The molecule has 2 aliphatic rings. The van der Waals surface area contributed by atoms with Crippen LogP contribution in [0.4, 0.5) is 5.69 Å². The van der Waals surface area contributed by atoms with Crippen molar-refractivity contribution in [3.8, 4) is 0 Å².